The van der Waals surface area contributed by atoms with E-state index in [1.807, 2.05) is 19.9 Å². The molecule has 0 aromatic carbocycles. The van der Waals surface area contributed by atoms with Crippen molar-refractivity contribution in [1.29, 1.82) is 0 Å². The molecule has 6 heteroatoms. The van der Waals surface area contributed by atoms with Crippen LogP contribution < -0.4 is 0 Å². The summed E-state index contributed by atoms with van der Waals surface area (Å²) in [5.41, 5.74) is 1.51. The first-order valence-corrected chi connectivity index (χ1v) is 5.46. The monoisotopic (exact) mass is 248 g/mol. The summed E-state index contributed by atoms with van der Waals surface area (Å²) in [5, 5.41) is 8.63. The molecule has 0 aliphatic heterocycles. The van der Waals surface area contributed by atoms with Crippen LogP contribution in [0.25, 0.3) is 17.0 Å². The first-order valence-electron chi connectivity index (χ1n) is 5.09. The molecule has 0 radical (unpaired) electrons. The van der Waals surface area contributed by atoms with E-state index < -0.39 is 0 Å². The molecule has 0 N–H and O–H groups in total. The van der Waals surface area contributed by atoms with E-state index >= 15 is 0 Å². The lowest BCUT2D eigenvalue weighted by Crippen LogP contribution is -1.92. The van der Waals surface area contributed by atoms with Crippen LogP contribution in [0.15, 0.2) is 22.9 Å². The molecule has 3 aromatic rings. The molecule has 0 saturated heterocycles. The number of furan rings is 1. The Morgan fingerprint density at radius 2 is 2.06 bits per heavy atom. The van der Waals surface area contributed by atoms with Crippen LogP contribution in [-0.2, 0) is 0 Å². The molecule has 0 unspecified atom stereocenters. The Hall–Kier alpha value is -1.88. The van der Waals surface area contributed by atoms with Crippen LogP contribution in [-0.4, -0.2) is 19.6 Å². The van der Waals surface area contributed by atoms with Crippen molar-refractivity contribution in [2.24, 2.45) is 0 Å². The molecule has 5 nitrogen and oxygen atoms in total. The van der Waals surface area contributed by atoms with Crippen molar-refractivity contribution in [3.63, 3.8) is 0 Å². The Bertz CT molecular complexity index is 701. The maximum absolute atomic E-state index is 6.10. The number of hydrogen-bond acceptors (Lipinski definition) is 4. The number of aromatic nitrogens is 4. The zero-order valence-corrected chi connectivity index (χ0v) is 10.1. The Morgan fingerprint density at radius 1 is 1.24 bits per heavy atom. The SMILES string of the molecule is Cc1cc(-c2nnc3cncc(Cl)n23)c(C)o1. The molecular formula is C11H9ClN4O. The number of nitrogens with zero attached hydrogens (tertiary/aromatic N) is 4. The van der Waals surface area contributed by atoms with Gasteiger partial charge in [0.15, 0.2) is 11.5 Å². The summed E-state index contributed by atoms with van der Waals surface area (Å²) in [7, 11) is 0. The predicted octanol–water partition coefficient (Wildman–Crippen LogP) is 2.65. The van der Waals surface area contributed by atoms with Crippen molar-refractivity contribution >= 4 is 17.2 Å². The Balaban J connectivity index is 2.35. The molecular weight excluding hydrogens is 240 g/mol. The van der Waals surface area contributed by atoms with E-state index in [4.69, 9.17) is 16.0 Å². The highest BCUT2D eigenvalue weighted by Crippen LogP contribution is 2.27. The second-order valence-corrected chi connectivity index (χ2v) is 4.16. The zero-order chi connectivity index (χ0) is 12.0. The van der Waals surface area contributed by atoms with Crippen LogP contribution in [0.5, 0.6) is 0 Å². The lowest BCUT2D eigenvalue weighted by Gasteiger charge is -1.99. The minimum atomic E-state index is 0.473. The third-order valence-electron chi connectivity index (χ3n) is 2.55. The molecule has 0 saturated carbocycles. The highest BCUT2D eigenvalue weighted by molar-refractivity contribution is 6.29. The van der Waals surface area contributed by atoms with Gasteiger partial charge in [0.25, 0.3) is 0 Å². The number of hydrogen-bond donors (Lipinski definition) is 0. The summed E-state index contributed by atoms with van der Waals surface area (Å²) < 4.78 is 7.23. The summed E-state index contributed by atoms with van der Waals surface area (Å²) in [6.45, 7) is 3.78. The molecule has 86 valence electrons. The topological polar surface area (TPSA) is 56.2 Å². The average molecular weight is 249 g/mol. The van der Waals surface area contributed by atoms with Crippen molar-refractivity contribution in [1.82, 2.24) is 19.6 Å². The van der Waals surface area contributed by atoms with E-state index in [0.29, 0.717) is 16.6 Å². The van der Waals surface area contributed by atoms with Gasteiger partial charge in [-0.2, -0.15) is 0 Å². The molecule has 3 heterocycles. The second kappa shape index (κ2) is 3.56. The summed E-state index contributed by atoms with van der Waals surface area (Å²) in [6.07, 6.45) is 3.17. The molecule has 17 heavy (non-hydrogen) atoms. The fourth-order valence-electron chi connectivity index (χ4n) is 1.84. The van der Waals surface area contributed by atoms with Crippen LogP contribution in [0.1, 0.15) is 11.5 Å². The minimum Gasteiger partial charge on any atom is -0.466 e. The smallest absolute Gasteiger partial charge is 0.180 e. The van der Waals surface area contributed by atoms with Crippen molar-refractivity contribution in [3.8, 4) is 11.4 Å². The summed E-state index contributed by atoms with van der Waals surface area (Å²) in [4.78, 5) is 3.97. The van der Waals surface area contributed by atoms with Gasteiger partial charge in [0.05, 0.1) is 18.0 Å². The molecule has 0 atom stereocenters. The third kappa shape index (κ3) is 1.51. The van der Waals surface area contributed by atoms with Gasteiger partial charge in [-0.05, 0) is 19.9 Å². The third-order valence-corrected chi connectivity index (χ3v) is 2.82. The molecule has 0 aliphatic carbocycles. The van der Waals surface area contributed by atoms with E-state index in [2.05, 4.69) is 15.2 Å². The fourth-order valence-corrected chi connectivity index (χ4v) is 2.06. The maximum atomic E-state index is 6.10. The summed E-state index contributed by atoms with van der Waals surface area (Å²) in [6, 6.07) is 1.92. The first-order chi connectivity index (χ1) is 8.16. The van der Waals surface area contributed by atoms with Crippen LogP contribution in [0.2, 0.25) is 5.15 Å². The number of fused-ring (bicyclic) bond motifs is 1. The van der Waals surface area contributed by atoms with E-state index in [0.717, 1.165) is 17.1 Å². The zero-order valence-electron chi connectivity index (χ0n) is 9.31. The quantitative estimate of drug-likeness (QED) is 0.664. The molecule has 0 fully saturated rings. The molecule has 0 bridgehead atoms. The molecule has 0 spiro atoms. The lowest BCUT2D eigenvalue weighted by atomic mass is 10.2. The normalized spacial score (nSPS) is 11.2. The number of halogens is 1. The van der Waals surface area contributed by atoms with Gasteiger partial charge in [0.2, 0.25) is 0 Å². The van der Waals surface area contributed by atoms with Crippen molar-refractivity contribution in [2.45, 2.75) is 13.8 Å². The van der Waals surface area contributed by atoms with Gasteiger partial charge in [-0.25, -0.2) is 0 Å². The Morgan fingerprint density at radius 3 is 2.76 bits per heavy atom. The number of rotatable bonds is 1. The van der Waals surface area contributed by atoms with Crippen LogP contribution in [0, 0.1) is 13.8 Å². The van der Waals surface area contributed by atoms with Crippen LogP contribution >= 0.6 is 11.6 Å². The first kappa shape index (κ1) is 10.3. The molecule has 0 amide bonds. The highest BCUT2D eigenvalue weighted by Gasteiger charge is 2.15. The summed E-state index contributed by atoms with van der Waals surface area (Å²) >= 11 is 6.10. The Labute approximate surface area is 102 Å². The number of aryl methyl sites for hydroxylation is 2. The lowest BCUT2D eigenvalue weighted by molar-refractivity contribution is 0.505. The van der Waals surface area contributed by atoms with Gasteiger partial charge in [0.1, 0.15) is 16.7 Å². The van der Waals surface area contributed by atoms with Gasteiger partial charge in [-0.3, -0.25) is 9.38 Å². The van der Waals surface area contributed by atoms with Crippen molar-refractivity contribution in [3.05, 3.63) is 35.1 Å². The van der Waals surface area contributed by atoms with Crippen LogP contribution in [0.4, 0.5) is 0 Å². The van der Waals surface area contributed by atoms with Crippen molar-refractivity contribution in [2.75, 3.05) is 0 Å². The van der Waals surface area contributed by atoms with Gasteiger partial charge >= 0.3 is 0 Å². The van der Waals surface area contributed by atoms with Gasteiger partial charge in [-0.15, -0.1) is 10.2 Å². The van der Waals surface area contributed by atoms with E-state index in [1.54, 1.807) is 16.8 Å². The maximum Gasteiger partial charge on any atom is 0.180 e. The fraction of sp³-hybridized carbons (Fsp3) is 0.182. The largest absolute Gasteiger partial charge is 0.466 e. The van der Waals surface area contributed by atoms with E-state index in [9.17, 15) is 0 Å². The summed E-state index contributed by atoms with van der Waals surface area (Å²) in [5.74, 6) is 2.30. The highest BCUT2D eigenvalue weighted by atomic mass is 35.5. The van der Waals surface area contributed by atoms with E-state index in [-0.39, 0.29) is 0 Å². The minimum absolute atomic E-state index is 0.473. The van der Waals surface area contributed by atoms with E-state index in [1.165, 1.54) is 0 Å². The predicted molar refractivity (Wildman–Crippen MR) is 63.0 cm³/mol. The molecule has 3 rings (SSSR count). The standard InChI is InChI=1S/C11H9ClN4O/c1-6-3-8(7(2)17-6)11-15-14-10-5-13-4-9(12)16(10)11/h3-5H,1-2H3. The van der Waals surface area contributed by atoms with Gasteiger partial charge in [-0.1, -0.05) is 11.6 Å². The molecule has 0 aliphatic rings. The second-order valence-electron chi connectivity index (χ2n) is 3.77. The van der Waals surface area contributed by atoms with Gasteiger partial charge < -0.3 is 4.42 Å². The van der Waals surface area contributed by atoms with Gasteiger partial charge in [0, 0.05) is 0 Å². The average Bonchev–Trinajstić information content (AvgIpc) is 2.83. The Kier molecular flexibility index (Phi) is 2.16. The molecule has 3 aromatic heterocycles. The van der Waals surface area contributed by atoms with Crippen molar-refractivity contribution < 1.29 is 4.42 Å². The van der Waals surface area contributed by atoms with Crippen LogP contribution in [0.3, 0.4) is 0 Å².